The summed E-state index contributed by atoms with van der Waals surface area (Å²) in [5.41, 5.74) is 0.772. The Morgan fingerprint density at radius 3 is 2.60 bits per heavy atom. The van der Waals surface area contributed by atoms with Crippen LogP contribution in [0.5, 0.6) is 0 Å². The molecule has 1 N–H and O–H groups in total. The van der Waals surface area contributed by atoms with Crippen LogP contribution in [-0.2, 0) is 4.79 Å². The van der Waals surface area contributed by atoms with E-state index in [9.17, 15) is 9.59 Å². The van der Waals surface area contributed by atoms with E-state index in [1.165, 1.54) is 0 Å². The molecule has 110 valence electrons. The van der Waals surface area contributed by atoms with Gasteiger partial charge in [0.1, 0.15) is 0 Å². The number of nitrogens with zero attached hydrogens (tertiary/aromatic N) is 2. The van der Waals surface area contributed by atoms with Gasteiger partial charge in [-0.15, -0.1) is 0 Å². The fraction of sp³-hybridized carbons (Fsp3) is 0.643. The minimum atomic E-state index is -0.772. The zero-order chi connectivity index (χ0) is 14.7. The molecule has 1 aromatic heterocycles. The van der Waals surface area contributed by atoms with Crippen molar-refractivity contribution in [1.82, 2.24) is 10.1 Å². The van der Waals surface area contributed by atoms with Gasteiger partial charge in [0.15, 0.2) is 0 Å². The lowest BCUT2D eigenvalue weighted by Crippen LogP contribution is -2.38. The van der Waals surface area contributed by atoms with E-state index in [0.717, 1.165) is 18.5 Å². The minimum absolute atomic E-state index is 0.154. The molecule has 6 nitrogen and oxygen atoms in total. The lowest BCUT2D eigenvalue weighted by atomic mass is 9.93. The van der Waals surface area contributed by atoms with Crippen molar-refractivity contribution in [3.8, 4) is 0 Å². The summed E-state index contributed by atoms with van der Waals surface area (Å²) >= 11 is 0. The van der Waals surface area contributed by atoms with Crippen LogP contribution in [0.25, 0.3) is 0 Å². The molecule has 1 aliphatic rings. The number of carboxylic acid groups (broad SMARTS) is 1. The van der Waals surface area contributed by atoms with E-state index in [0.29, 0.717) is 13.1 Å². The molecule has 2 rings (SSSR count). The lowest BCUT2D eigenvalue weighted by Gasteiger charge is -2.30. The number of rotatable bonds is 4. The van der Waals surface area contributed by atoms with Gasteiger partial charge in [0, 0.05) is 25.6 Å². The normalized spacial score (nSPS) is 16.6. The number of aliphatic carboxylic acids is 1. The van der Waals surface area contributed by atoms with E-state index >= 15 is 0 Å². The molecule has 0 aromatic carbocycles. The van der Waals surface area contributed by atoms with Gasteiger partial charge in [-0.3, -0.25) is 9.59 Å². The summed E-state index contributed by atoms with van der Waals surface area (Å²) < 4.78 is 5.10. The van der Waals surface area contributed by atoms with E-state index in [-0.39, 0.29) is 29.9 Å². The van der Waals surface area contributed by atoms with Gasteiger partial charge >= 0.3 is 5.97 Å². The molecule has 0 saturated carbocycles. The van der Waals surface area contributed by atoms with Crippen LogP contribution in [0, 0.1) is 5.92 Å². The Kier molecular flexibility index (Phi) is 4.42. The van der Waals surface area contributed by atoms with Crippen molar-refractivity contribution >= 4 is 11.9 Å². The second-order valence-electron chi connectivity index (χ2n) is 5.60. The average Bonchev–Trinajstić information content (AvgIpc) is 2.88. The van der Waals surface area contributed by atoms with Crippen LogP contribution in [0.2, 0.25) is 0 Å². The van der Waals surface area contributed by atoms with E-state index in [4.69, 9.17) is 9.63 Å². The SMILES string of the molecule is CC(C)c1cc(C(=O)N2CCC(CC(=O)O)CC2)on1. The maximum absolute atomic E-state index is 12.2. The second kappa shape index (κ2) is 6.07. The third kappa shape index (κ3) is 3.37. The zero-order valence-electron chi connectivity index (χ0n) is 11.8. The molecular formula is C14H20N2O4. The van der Waals surface area contributed by atoms with Crippen molar-refractivity contribution < 1.29 is 19.2 Å². The quantitative estimate of drug-likeness (QED) is 0.913. The second-order valence-corrected chi connectivity index (χ2v) is 5.60. The Morgan fingerprint density at radius 1 is 1.45 bits per heavy atom. The van der Waals surface area contributed by atoms with Crippen molar-refractivity contribution in [3.63, 3.8) is 0 Å². The van der Waals surface area contributed by atoms with Crippen molar-refractivity contribution in [2.75, 3.05) is 13.1 Å². The molecule has 0 aliphatic carbocycles. The van der Waals surface area contributed by atoms with Crippen molar-refractivity contribution in [1.29, 1.82) is 0 Å². The number of carboxylic acids is 1. The van der Waals surface area contributed by atoms with Gasteiger partial charge in [-0.05, 0) is 24.7 Å². The molecular weight excluding hydrogens is 260 g/mol. The average molecular weight is 280 g/mol. The molecule has 20 heavy (non-hydrogen) atoms. The number of piperidine rings is 1. The molecule has 0 spiro atoms. The molecule has 0 bridgehead atoms. The number of likely N-dealkylation sites (tertiary alicyclic amines) is 1. The predicted molar refractivity (Wildman–Crippen MR) is 71.5 cm³/mol. The van der Waals surface area contributed by atoms with Crippen LogP contribution >= 0.6 is 0 Å². The van der Waals surface area contributed by atoms with Gasteiger partial charge in [0.25, 0.3) is 5.91 Å². The van der Waals surface area contributed by atoms with Crippen molar-refractivity contribution in [2.45, 2.75) is 39.0 Å². The predicted octanol–water partition coefficient (Wildman–Crippen LogP) is 2.12. The molecule has 1 aromatic rings. The summed E-state index contributed by atoms with van der Waals surface area (Å²) in [5, 5.41) is 12.7. The summed E-state index contributed by atoms with van der Waals surface area (Å²) in [7, 11) is 0. The fourth-order valence-electron chi connectivity index (χ4n) is 2.40. The van der Waals surface area contributed by atoms with Crippen LogP contribution in [0.15, 0.2) is 10.6 Å². The Bertz CT molecular complexity index is 487. The van der Waals surface area contributed by atoms with Crippen LogP contribution in [0.4, 0.5) is 0 Å². The molecule has 1 fully saturated rings. The van der Waals surface area contributed by atoms with Gasteiger partial charge in [-0.1, -0.05) is 19.0 Å². The smallest absolute Gasteiger partial charge is 0.303 e. The first-order valence-electron chi connectivity index (χ1n) is 6.95. The standard InChI is InChI=1S/C14H20N2O4/c1-9(2)11-8-12(20-15-11)14(19)16-5-3-10(4-6-16)7-13(17)18/h8-10H,3-7H2,1-2H3,(H,17,18). The first kappa shape index (κ1) is 14.6. The first-order valence-corrected chi connectivity index (χ1v) is 6.95. The van der Waals surface area contributed by atoms with Crippen molar-refractivity contribution in [3.05, 3.63) is 17.5 Å². The number of aromatic nitrogens is 1. The molecule has 2 heterocycles. The maximum Gasteiger partial charge on any atom is 0.303 e. The van der Waals surface area contributed by atoms with Crippen molar-refractivity contribution in [2.24, 2.45) is 5.92 Å². The molecule has 0 radical (unpaired) electrons. The van der Waals surface area contributed by atoms with Crippen LogP contribution < -0.4 is 0 Å². The molecule has 6 heteroatoms. The summed E-state index contributed by atoms with van der Waals surface area (Å²) in [6.07, 6.45) is 1.63. The first-order chi connectivity index (χ1) is 9.47. The summed E-state index contributed by atoms with van der Waals surface area (Å²) in [4.78, 5) is 24.6. The largest absolute Gasteiger partial charge is 0.481 e. The van der Waals surface area contributed by atoms with E-state index < -0.39 is 5.97 Å². The van der Waals surface area contributed by atoms with Gasteiger partial charge < -0.3 is 14.5 Å². The highest BCUT2D eigenvalue weighted by Gasteiger charge is 2.27. The van der Waals surface area contributed by atoms with Gasteiger partial charge in [-0.25, -0.2) is 0 Å². The number of carbonyl (C=O) groups excluding carboxylic acids is 1. The maximum atomic E-state index is 12.2. The fourth-order valence-corrected chi connectivity index (χ4v) is 2.40. The topological polar surface area (TPSA) is 83.6 Å². The Labute approximate surface area is 117 Å². The molecule has 1 saturated heterocycles. The Hall–Kier alpha value is -1.85. The lowest BCUT2D eigenvalue weighted by molar-refractivity contribution is -0.138. The monoisotopic (exact) mass is 280 g/mol. The van der Waals surface area contributed by atoms with Crippen LogP contribution in [0.1, 0.15) is 55.3 Å². The van der Waals surface area contributed by atoms with Gasteiger partial charge in [0.2, 0.25) is 5.76 Å². The van der Waals surface area contributed by atoms with Crippen LogP contribution in [0.3, 0.4) is 0 Å². The van der Waals surface area contributed by atoms with E-state index in [1.54, 1.807) is 11.0 Å². The molecule has 0 atom stereocenters. The highest BCUT2D eigenvalue weighted by molar-refractivity contribution is 5.91. The highest BCUT2D eigenvalue weighted by atomic mass is 16.5. The molecule has 1 aliphatic heterocycles. The third-order valence-corrected chi connectivity index (χ3v) is 3.70. The summed E-state index contributed by atoms with van der Waals surface area (Å²) in [6, 6.07) is 1.69. The Morgan fingerprint density at radius 2 is 2.10 bits per heavy atom. The molecule has 1 amide bonds. The Balaban J connectivity index is 1.92. The van der Waals surface area contributed by atoms with E-state index in [1.807, 2.05) is 13.8 Å². The molecule has 0 unspecified atom stereocenters. The number of amides is 1. The summed E-state index contributed by atoms with van der Waals surface area (Å²) in [5.74, 6) is -0.269. The summed E-state index contributed by atoms with van der Waals surface area (Å²) in [6.45, 7) is 5.13. The number of hydrogen-bond donors (Lipinski definition) is 1. The highest BCUT2D eigenvalue weighted by Crippen LogP contribution is 2.22. The number of carbonyl (C=O) groups is 2. The minimum Gasteiger partial charge on any atom is -0.481 e. The van der Waals surface area contributed by atoms with Gasteiger partial charge in [0.05, 0.1) is 5.69 Å². The van der Waals surface area contributed by atoms with Crippen LogP contribution in [-0.4, -0.2) is 40.1 Å². The van der Waals surface area contributed by atoms with Gasteiger partial charge in [-0.2, -0.15) is 0 Å². The third-order valence-electron chi connectivity index (χ3n) is 3.70. The van der Waals surface area contributed by atoms with E-state index in [2.05, 4.69) is 5.16 Å². The zero-order valence-corrected chi connectivity index (χ0v) is 11.8. The number of hydrogen-bond acceptors (Lipinski definition) is 4.